The summed E-state index contributed by atoms with van der Waals surface area (Å²) in [4.78, 5) is 38.0. The first-order valence-corrected chi connectivity index (χ1v) is 8.18. The van der Waals surface area contributed by atoms with Crippen LogP contribution in [0.5, 0.6) is 5.75 Å². The van der Waals surface area contributed by atoms with Gasteiger partial charge in [-0.3, -0.25) is 24.6 Å². The Hall–Kier alpha value is -3.49. The lowest BCUT2D eigenvalue weighted by Gasteiger charge is -2.30. The van der Waals surface area contributed by atoms with Gasteiger partial charge in [0.15, 0.2) is 6.61 Å². The van der Waals surface area contributed by atoms with Crippen molar-refractivity contribution in [2.75, 3.05) is 29.5 Å². The van der Waals surface area contributed by atoms with Gasteiger partial charge in [-0.1, -0.05) is 0 Å². The highest BCUT2D eigenvalue weighted by Crippen LogP contribution is 2.35. The van der Waals surface area contributed by atoms with E-state index in [0.29, 0.717) is 12.2 Å². The second kappa shape index (κ2) is 7.40. The van der Waals surface area contributed by atoms with Crippen LogP contribution in [0.4, 0.5) is 21.5 Å². The van der Waals surface area contributed by atoms with Gasteiger partial charge in [0.1, 0.15) is 18.1 Å². The van der Waals surface area contributed by atoms with E-state index in [1.165, 1.54) is 52.3 Å². The molecule has 140 valence electrons. The van der Waals surface area contributed by atoms with Crippen molar-refractivity contribution in [3.8, 4) is 5.75 Å². The molecular weight excluding hydrogens is 357 g/mol. The van der Waals surface area contributed by atoms with E-state index in [4.69, 9.17) is 4.74 Å². The molecule has 0 spiro atoms. The third-order valence-corrected chi connectivity index (χ3v) is 4.15. The topological polar surface area (TPSA) is 93.0 Å². The molecule has 2 aromatic carbocycles. The molecule has 9 heteroatoms. The number of ether oxygens (including phenoxy) is 1. The number of nitro groups is 1. The molecule has 0 unspecified atom stereocenters. The molecule has 27 heavy (non-hydrogen) atoms. The van der Waals surface area contributed by atoms with Crippen molar-refractivity contribution >= 4 is 28.9 Å². The Bertz CT molecular complexity index is 900. The number of fused-ring (bicyclic) bond motifs is 1. The summed E-state index contributed by atoms with van der Waals surface area (Å²) in [5.41, 5.74) is 0.447. The Morgan fingerprint density at radius 2 is 2.00 bits per heavy atom. The highest BCUT2D eigenvalue weighted by Gasteiger charge is 2.30. The molecular formula is C18H16FN3O5. The number of amides is 2. The van der Waals surface area contributed by atoms with Crippen molar-refractivity contribution in [3.05, 3.63) is 58.4 Å². The van der Waals surface area contributed by atoms with E-state index in [-0.39, 0.29) is 30.3 Å². The number of carbonyl (C=O) groups is 2. The number of carbonyl (C=O) groups excluding carboxylic acids is 2. The fourth-order valence-corrected chi connectivity index (χ4v) is 2.82. The van der Waals surface area contributed by atoms with Crippen LogP contribution in [-0.2, 0) is 9.59 Å². The lowest BCUT2D eigenvalue weighted by molar-refractivity contribution is -0.384. The molecule has 2 aromatic rings. The average Bonchev–Trinajstić information content (AvgIpc) is 2.65. The quantitative estimate of drug-likeness (QED) is 0.593. The van der Waals surface area contributed by atoms with Crippen molar-refractivity contribution in [2.45, 2.75) is 6.92 Å². The maximum Gasteiger partial charge on any atom is 0.271 e. The third-order valence-electron chi connectivity index (χ3n) is 4.15. The molecule has 0 saturated carbocycles. The first kappa shape index (κ1) is 18.3. The van der Waals surface area contributed by atoms with Gasteiger partial charge in [-0.15, -0.1) is 0 Å². The molecule has 1 heterocycles. The van der Waals surface area contributed by atoms with Crippen molar-refractivity contribution in [1.29, 1.82) is 0 Å². The zero-order valence-electron chi connectivity index (χ0n) is 14.4. The Balaban J connectivity index is 1.89. The van der Waals surface area contributed by atoms with Crippen LogP contribution in [0.1, 0.15) is 6.92 Å². The summed E-state index contributed by atoms with van der Waals surface area (Å²) < 4.78 is 18.4. The monoisotopic (exact) mass is 373 g/mol. The number of benzene rings is 2. The van der Waals surface area contributed by atoms with Gasteiger partial charge in [-0.05, 0) is 37.3 Å². The first-order valence-electron chi connectivity index (χ1n) is 8.18. The van der Waals surface area contributed by atoms with Gasteiger partial charge in [0.05, 0.1) is 10.6 Å². The van der Waals surface area contributed by atoms with E-state index < -0.39 is 22.6 Å². The maximum absolute atomic E-state index is 13.1. The number of halogens is 1. The van der Waals surface area contributed by atoms with Crippen molar-refractivity contribution in [2.24, 2.45) is 0 Å². The number of nitro benzene ring substituents is 1. The molecule has 0 radical (unpaired) electrons. The molecule has 0 fully saturated rings. The number of hydrogen-bond acceptors (Lipinski definition) is 5. The second-order valence-electron chi connectivity index (χ2n) is 5.79. The molecule has 3 rings (SSSR count). The van der Waals surface area contributed by atoms with Gasteiger partial charge in [0.2, 0.25) is 5.91 Å². The van der Waals surface area contributed by atoms with E-state index in [1.807, 2.05) is 0 Å². The minimum absolute atomic E-state index is 0.170. The summed E-state index contributed by atoms with van der Waals surface area (Å²) in [6.07, 6.45) is 0. The lowest BCUT2D eigenvalue weighted by atomic mass is 10.2. The Labute approximate surface area is 153 Å². The van der Waals surface area contributed by atoms with E-state index in [2.05, 4.69) is 0 Å². The highest BCUT2D eigenvalue weighted by atomic mass is 19.1. The van der Waals surface area contributed by atoms with E-state index in [1.54, 1.807) is 6.92 Å². The largest absolute Gasteiger partial charge is 0.482 e. The first-order chi connectivity index (χ1) is 12.9. The third kappa shape index (κ3) is 3.71. The highest BCUT2D eigenvalue weighted by molar-refractivity contribution is 6.06. The predicted octanol–water partition coefficient (Wildman–Crippen LogP) is 2.51. The second-order valence-corrected chi connectivity index (χ2v) is 5.79. The number of anilines is 2. The Morgan fingerprint density at radius 1 is 1.30 bits per heavy atom. The SMILES string of the molecule is CCN(C(=O)CN1C(=O)COc2ccc([N+](=O)[O-])cc21)c1ccc(F)cc1. The van der Waals surface area contributed by atoms with Crippen LogP contribution in [-0.4, -0.2) is 36.4 Å². The lowest BCUT2D eigenvalue weighted by Crippen LogP contribution is -2.46. The summed E-state index contributed by atoms with van der Waals surface area (Å²) in [5.74, 6) is -1.02. The number of likely N-dealkylation sites (N-methyl/N-ethyl adjacent to an activating group) is 1. The van der Waals surface area contributed by atoms with E-state index >= 15 is 0 Å². The van der Waals surface area contributed by atoms with Gasteiger partial charge in [-0.2, -0.15) is 0 Å². The van der Waals surface area contributed by atoms with Crippen molar-refractivity contribution in [1.82, 2.24) is 0 Å². The number of hydrogen-bond donors (Lipinski definition) is 0. The molecule has 8 nitrogen and oxygen atoms in total. The van der Waals surface area contributed by atoms with Gasteiger partial charge < -0.3 is 9.64 Å². The molecule has 0 aromatic heterocycles. The number of rotatable bonds is 5. The van der Waals surface area contributed by atoms with E-state index in [0.717, 1.165) is 0 Å². The number of non-ortho nitro benzene ring substituents is 1. The van der Waals surface area contributed by atoms with Gasteiger partial charge >= 0.3 is 0 Å². The zero-order chi connectivity index (χ0) is 19.6. The maximum atomic E-state index is 13.1. The molecule has 0 N–H and O–H groups in total. The summed E-state index contributed by atoms with van der Waals surface area (Å²) in [6, 6.07) is 9.29. The van der Waals surface area contributed by atoms with Crippen LogP contribution in [0.15, 0.2) is 42.5 Å². The smallest absolute Gasteiger partial charge is 0.271 e. The Kier molecular flexibility index (Phi) is 5.02. The molecule has 0 bridgehead atoms. The Morgan fingerprint density at radius 3 is 2.63 bits per heavy atom. The summed E-state index contributed by atoms with van der Waals surface area (Å²) in [6.45, 7) is 1.48. The van der Waals surface area contributed by atoms with E-state index in [9.17, 15) is 24.1 Å². The van der Waals surface area contributed by atoms with Crippen LogP contribution in [0, 0.1) is 15.9 Å². The van der Waals surface area contributed by atoms with Gasteiger partial charge in [-0.25, -0.2) is 4.39 Å². The molecule has 0 saturated heterocycles. The fraction of sp³-hybridized carbons (Fsp3) is 0.222. The predicted molar refractivity (Wildman–Crippen MR) is 95.4 cm³/mol. The van der Waals surface area contributed by atoms with Crippen LogP contribution >= 0.6 is 0 Å². The van der Waals surface area contributed by atoms with Crippen LogP contribution in [0.25, 0.3) is 0 Å². The standard InChI is InChI=1S/C18H16FN3O5/c1-2-20(13-5-3-12(19)4-6-13)17(23)10-21-15-9-14(22(25)26)7-8-16(15)27-11-18(21)24/h3-9H,2,10-11H2,1H3. The van der Waals surface area contributed by atoms with Crippen molar-refractivity contribution in [3.63, 3.8) is 0 Å². The average molecular weight is 373 g/mol. The fourth-order valence-electron chi connectivity index (χ4n) is 2.82. The van der Waals surface area contributed by atoms with Crippen LogP contribution < -0.4 is 14.5 Å². The minimum atomic E-state index is -0.587. The van der Waals surface area contributed by atoms with Gasteiger partial charge in [0, 0.05) is 24.4 Å². The molecule has 1 aliphatic rings. The minimum Gasteiger partial charge on any atom is -0.482 e. The molecule has 0 atom stereocenters. The molecule has 2 amide bonds. The van der Waals surface area contributed by atoms with Crippen molar-refractivity contribution < 1.29 is 23.6 Å². The summed E-state index contributed by atoms with van der Waals surface area (Å²) in [5, 5.41) is 11.0. The molecule has 0 aliphatic carbocycles. The van der Waals surface area contributed by atoms with Gasteiger partial charge in [0.25, 0.3) is 11.6 Å². The van der Waals surface area contributed by atoms with Crippen LogP contribution in [0.3, 0.4) is 0 Å². The summed E-state index contributed by atoms with van der Waals surface area (Å²) in [7, 11) is 0. The summed E-state index contributed by atoms with van der Waals surface area (Å²) >= 11 is 0. The van der Waals surface area contributed by atoms with Crippen LogP contribution in [0.2, 0.25) is 0 Å². The molecule has 1 aliphatic heterocycles. The zero-order valence-corrected chi connectivity index (χ0v) is 14.4. The number of nitrogens with zero attached hydrogens (tertiary/aromatic N) is 3. The normalized spacial score (nSPS) is 13.0.